The van der Waals surface area contributed by atoms with Crippen molar-refractivity contribution in [2.24, 2.45) is 11.8 Å². The Balaban J connectivity index is 2.25. The van der Waals surface area contributed by atoms with Crippen molar-refractivity contribution >= 4 is 23.7 Å². The molecule has 98 valence electrons. The van der Waals surface area contributed by atoms with Crippen molar-refractivity contribution in [2.45, 2.75) is 32.6 Å². The number of unbranched alkanes of at least 4 members (excludes halogenated alkanes) is 3. The van der Waals surface area contributed by atoms with Crippen LogP contribution in [0.2, 0.25) is 0 Å². The number of carbonyl (C=O) groups excluding carboxylic acids is 1. The van der Waals surface area contributed by atoms with E-state index in [1.54, 1.807) is 0 Å². The van der Waals surface area contributed by atoms with Gasteiger partial charge >= 0.3 is 11.9 Å². The van der Waals surface area contributed by atoms with Gasteiger partial charge in [0, 0.05) is 11.5 Å². The fourth-order valence-electron chi connectivity index (χ4n) is 1.84. The summed E-state index contributed by atoms with van der Waals surface area (Å²) < 4.78 is 5.14. The molecule has 2 unspecified atom stereocenters. The number of esters is 1. The third-order valence-electron chi connectivity index (χ3n) is 2.94. The maximum atomic E-state index is 11.7. The second-order valence-electron chi connectivity index (χ2n) is 4.32. The minimum atomic E-state index is -0.886. The summed E-state index contributed by atoms with van der Waals surface area (Å²) in [7, 11) is 0. The van der Waals surface area contributed by atoms with Gasteiger partial charge in [0.2, 0.25) is 0 Å². The first-order valence-electron chi connectivity index (χ1n) is 6.14. The van der Waals surface area contributed by atoms with Crippen molar-refractivity contribution in [3.63, 3.8) is 0 Å². The van der Waals surface area contributed by atoms with Crippen LogP contribution < -0.4 is 0 Å². The van der Waals surface area contributed by atoms with Crippen LogP contribution >= 0.6 is 11.8 Å². The molecule has 0 spiro atoms. The Hall–Kier alpha value is -0.710. The van der Waals surface area contributed by atoms with Crippen LogP contribution in [-0.4, -0.2) is 35.2 Å². The molecule has 1 saturated heterocycles. The number of ether oxygens (including phenoxy) is 1. The number of hydrogen-bond donors (Lipinski definition) is 1. The topological polar surface area (TPSA) is 63.6 Å². The molecule has 1 heterocycles. The Morgan fingerprint density at radius 2 is 1.94 bits per heavy atom. The van der Waals surface area contributed by atoms with Gasteiger partial charge in [-0.3, -0.25) is 9.59 Å². The molecule has 0 amide bonds. The molecule has 1 fully saturated rings. The van der Waals surface area contributed by atoms with Gasteiger partial charge in [0.1, 0.15) is 0 Å². The highest BCUT2D eigenvalue weighted by molar-refractivity contribution is 7.99. The molecule has 1 aliphatic rings. The van der Waals surface area contributed by atoms with Crippen LogP contribution in [0.25, 0.3) is 0 Å². The van der Waals surface area contributed by atoms with Gasteiger partial charge in [0.25, 0.3) is 0 Å². The molecule has 0 radical (unpaired) electrons. The van der Waals surface area contributed by atoms with Gasteiger partial charge < -0.3 is 9.84 Å². The highest BCUT2D eigenvalue weighted by atomic mass is 32.2. The summed E-state index contributed by atoms with van der Waals surface area (Å²) in [6.45, 7) is 2.55. The monoisotopic (exact) mass is 260 g/mol. The summed E-state index contributed by atoms with van der Waals surface area (Å²) in [4.78, 5) is 22.6. The normalized spacial score (nSPS) is 23.6. The number of rotatable bonds is 7. The molecule has 0 aromatic rings. The molecule has 4 nitrogen and oxygen atoms in total. The van der Waals surface area contributed by atoms with Crippen LogP contribution in [0.4, 0.5) is 0 Å². The van der Waals surface area contributed by atoms with Crippen molar-refractivity contribution in [2.75, 3.05) is 18.1 Å². The van der Waals surface area contributed by atoms with E-state index in [0.29, 0.717) is 18.1 Å². The number of carboxylic acid groups (broad SMARTS) is 1. The number of hydrogen-bond acceptors (Lipinski definition) is 4. The molecular weight excluding hydrogens is 240 g/mol. The van der Waals surface area contributed by atoms with Gasteiger partial charge in [-0.2, -0.15) is 11.8 Å². The molecule has 0 bridgehead atoms. The molecular formula is C12H20O4S. The molecule has 17 heavy (non-hydrogen) atoms. The van der Waals surface area contributed by atoms with Crippen molar-refractivity contribution in [3.8, 4) is 0 Å². The molecule has 0 saturated carbocycles. The van der Waals surface area contributed by atoms with Crippen LogP contribution in [-0.2, 0) is 14.3 Å². The van der Waals surface area contributed by atoms with Crippen molar-refractivity contribution in [1.29, 1.82) is 0 Å². The smallest absolute Gasteiger partial charge is 0.310 e. The van der Waals surface area contributed by atoms with E-state index < -0.39 is 17.8 Å². The van der Waals surface area contributed by atoms with Gasteiger partial charge in [-0.25, -0.2) is 0 Å². The van der Waals surface area contributed by atoms with Crippen LogP contribution in [0.1, 0.15) is 32.6 Å². The lowest BCUT2D eigenvalue weighted by molar-refractivity contribution is -0.155. The summed E-state index contributed by atoms with van der Waals surface area (Å²) in [6, 6.07) is 0. The van der Waals surface area contributed by atoms with Crippen molar-refractivity contribution < 1.29 is 19.4 Å². The average molecular weight is 260 g/mol. The summed E-state index contributed by atoms with van der Waals surface area (Å²) >= 11 is 1.51. The Bertz CT molecular complexity index is 267. The van der Waals surface area contributed by atoms with E-state index in [1.807, 2.05) is 0 Å². The molecule has 1 aliphatic heterocycles. The van der Waals surface area contributed by atoms with Crippen molar-refractivity contribution in [1.82, 2.24) is 0 Å². The average Bonchev–Trinajstić information content (AvgIpc) is 2.77. The minimum absolute atomic E-state index is 0.334. The fraction of sp³-hybridized carbons (Fsp3) is 0.833. The quantitative estimate of drug-likeness (QED) is 0.561. The SMILES string of the molecule is CCCCCCOC(=O)C1CSCC1C(=O)O. The van der Waals surface area contributed by atoms with Gasteiger partial charge in [-0.05, 0) is 6.42 Å². The van der Waals surface area contributed by atoms with E-state index in [0.717, 1.165) is 25.7 Å². The van der Waals surface area contributed by atoms with Crippen LogP contribution in [0.3, 0.4) is 0 Å². The molecule has 5 heteroatoms. The number of carbonyl (C=O) groups is 2. The molecule has 0 aliphatic carbocycles. The summed E-state index contributed by atoms with van der Waals surface area (Å²) in [5.41, 5.74) is 0. The highest BCUT2D eigenvalue weighted by Crippen LogP contribution is 2.31. The standard InChI is InChI=1S/C12H20O4S/c1-2-3-4-5-6-16-12(15)10-8-17-7-9(10)11(13)14/h9-10H,2-8H2,1H3,(H,13,14). The summed E-state index contributed by atoms with van der Waals surface area (Å²) in [5.74, 6) is -1.15. The first-order chi connectivity index (χ1) is 8.16. The Kier molecular flexibility index (Phi) is 6.40. The lowest BCUT2D eigenvalue weighted by atomic mass is 9.96. The van der Waals surface area contributed by atoms with E-state index in [2.05, 4.69) is 6.92 Å². The van der Waals surface area contributed by atoms with Gasteiger partial charge in [0.15, 0.2) is 0 Å². The zero-order chi connectivity index (χ0) is 12.7. The molecule has 2 atom stereocenters. The first kappa shape index (κ1) is 14.4. The van der Waals surface area contributed by atoms with E-state index in [-0.39, 0.29) is 5.97 Å². The Morgan fingerprint density at radius 3 is 2.59 bits per heavy atom. The Morgan fingerprint density at radius 1 is 1.24 bits per heavy atom. The molecule has 0 aromatic heterocycles. The third kappa shape index (κ3) is 4.58. The summed E-state index contributed by atoms with van der Waals surface area (Å²) in [5, 5.41) is 8.95. The van der Waals surface area contributed by atoms with Crippen LogP contribution in [0, 0.1) is 11.8 Å². The summed E-state index contributed by atoms with van der Waals surface area (Å²) in [6.07, 6.45) is 4.23. The number of aliphatic carboxylic acids is 1. The molecule has 0 aromatic carbocycles. The van der Waals surface area contributed by atoms with Gasteiger partial charge in [-0.15, -0.1) is 0 Å². The van der Waals surface area contributed by atoms with Gasteiger partial charge in [0.05, 0.1) is 18.4 Å². The maximum absolute atomic E-state index is 11.7. The minimum Gasteiger partial charge on any atom is -0.481 e. The predicted molar refractivity (Wildman–Crippen MR) is 67.0 cm³/mol. The van der Waals surface area contributed by atoms with E-state index in [1.165, 1.54) is 11.8 Å². The van der Waals surface area contributed by atoms with E-state index >= 15 is 0 Å². The van der Waals surface area contributed by atoms with Crippen LogP contribution in [0.15, 0.2) is 0 Å². The second kappa shape index (κ2) is 7.58. The Labute approximate surface area is 106 Å². The maximum Gasteiger partial charge on any atom is 0.310 e. The van der Waals surface area contributed by atoms with Crippen molar-refractivity contribution in [3.05, 3.63) is 0 Å². The largest absolute Gasteiger partial charge is 0.481 e. The van der Waals surface area contributed by atoms with E-state index in [4.69, 9.17) is 9.84 Å². The molecule has 1 rings (SSSR count). The third-order valence-corrected chi connectivity index (χ3v) is 4.13. The number of carboxylic acids is 1. The number of thioether (sulfide) groups is 1. The van der Waals surface area contributed by atoms with Gasteiger partial charge in [-0.1, -0.05) is 26.2 Å². The predicted octanol–water partition coefficient (Wildman–Crippen LogP) is 2.17. The lowest BCUT2D eigenvalue weighted by Crippen LogP contribution is -2.30. The lowest BCUT2D eigenvalue weighted by Gasteiger charge is -2.13. The second-order valence-corrected chi connectivity index (χ2v) is 5.39. The zero-order valence-corrected chi connectivity index (χ0v) is 11.0. The highest BCUT2D eigenvalue weighted by Gasteiger charge is 2.39. The van der Waals surface area contributed by atoms with E-state index in [9.17, 15) is 9.59 Å². The first-order valence-corrected chi connectivity index (χ1v) is 7.29. The zero-order valence-electron chi connectivity index (χ0n) is 10.2. The fourth-order valence-corrected chi connectivity index (χ4v) is 3.23. The van der Waals surface area contributed by atoms with Crippen LogP contribution in [0.5, 0.6) is 0 Å². The molecule has 1 N–H and O–H groups in total.